The summed E-state index contributed by atoms with van der Waals surface area (Å²) in [6.45, 7) is 1.82. The Hall–Kier alpha value is -1.66. The van der Waals surface area contributed by atoms with Crippen molar-refractivity contribution < 1.29 is 4.79 Å². The maximum absolute atomic E-state index is 11.8. The van der Waals surface area contributed by atoms with Crippen LogP contribution in [-0.2, 0) is 0 Å². The Bertz CT molecular complexity index is 417. The van der Waals surface area contributed by atoms with Gasteiger partial charge in [0, 0.05) is 18.2 Å². The lowest BCUT2D eigenvalue weighted by molar-refractivity contribution is 0.0942. The topological polar surface area (TPSA) is 55.1 Å². The van der Waals surface area contributed by atoms with Crippen LogP contribution < -0.4 is 11.1 Å². The molecule has 3 nitrogen and oxygen atoms in total. The molecule has 0 bridgehead atoms. The maximum Gasteiger partial charge on any atom is 0.255 e. The highest BCUT2D eigenvalue weighted by atomic mass is 35.5. The van der Waals surface area contributed by atoms with E-state index in [1.54, 1.807) is 18.2 Å². The molecule has 1 rings (SSSR count). The van der Waals surface area contributed by atoms with E-state index in [0.717, 1.165) is 0 Å². The predicted octanol–water partition coefficient (Wildman–Crippen LogP) is 2.06. The van der Waals surface area contributed by atoms with Crippen LogP contribution >= 0.6 is 11.6 Å². The Morgan fingerprint density at radius 3 is 2.94 bits per heavy atom. The van der Waals surface area contributed by atoms with Crippen molar-refractivity contribution in [2.75, 3.05) is 5.73 Å². The number of benzene rings is 1. The first kappa shape index (κ1) is 12.4. The van der Waals surface area contributed by atoms with Crippen molar-refractivity contribution in [1.29, 1.82) is 0 Å². The zero-order valence-corrected chi connectivity index (χ0v) is 9.71. The average molecular weight is 237 g/mol. The molecule has 16 heavy (non-hydrogen) atoms. The fourth-order valence-electron chi connectivity index (χ4n) is 1.30. The van der Waals surface area contributed by atoms with Crippen LogP contribution in [0.1, 0.15) is 23.7 Å². The average Bonchev–Trinajstić information content (AvgIpc) is 2.17. The SMILES string of the molecule is C#CCC(C)NC(=O)c1c(N)cccc1Cl. The van der Waals surface area contributed by atoms with Gasteiger partial charge < -0.3 is 11.1 Å². The van der Waals surface area contributed by atoms with Crippen LogP contribution in [0.15, 0.2) is 18.2 Å². The van der Waals surface area contributed by atoms with Gasteiger partial charge in [0.25, 0.3) is 5.91 Å². The monoisotopic (exact) mass is 236 g/mol. The second-order valence-corrected chi connectivity index (χ2v) is 3.89. The Morgan fingerprint density at radius 2 is 2.38 bits per heavy atom. The molecule has 1 aromatic carbocycles. The molecule has 0 aliphatic heterocycles. The second kappa shape index (κ2) is 5.43. The summed E-state index contributed by atoms with van der Waals surface area (Å²) in [5, 5.41) is 3.07. The summed E-state index contributed by atoms with van der Waals surface area (Å²) in [5.41, 5.74) is 6.34. The molecule has 0 spiro atoms. The number of hydrogen-bond donors (Lipinski definition) is 2. The van der Waals surface area contributed by atoms with Crippen LogP contribution in [0.4, 0.5) is 5.69 Å². The molecule has 0 aliphatic carbocycles. The number of nitrogens with two attached hydrogens (primary N) is 1. The molecular weight excluding hydrogens is 224 g/mol. The minimum Gasteiger partial charge on any atom is -0.398 e. The molecule has 1 atom stereocenters. The largest absolute Gasteiger partial charge is 0.398 e. The number of anilines is 1. The van der Waals surface area contributed by atoms with E-state index in [2.05, 4.69) is 11.2 Å². The lowest BCUT2D eigenvalue weighted by Gasteiger charge is -2.13. The third kappa shape index (κ3) is 2.91. The van der Waals surface area contributed by atoms with Crippen LogP contribution in [0.3, 0.4) is 0 Å². The van der Waals surface area contributed by atoms with Crippen molar-refractivity contribution in [2.45, 2.75) is 19.4 Å². The fourth-order valence-corrected chi connectivity index (χ4v) is 1.57. The van der Waals surface area contributed by atoms with Crippen molar-refractivity contribution in [3.8, 4) is 12.3 Å². The minimum atomic E-state index is -0.300. The zero-order valence-electron chi connectivity index (χ0n) is 8.96. The smallest absolute Gasteiger partial charge is 0.255 e. The lowest BCUT2D eigenvalue weighted by Crippen LogP contribution is -2.32. The van der Waals surface area contributed by atoms with E-state index in [0.29, 0.717) is 22.7 Å². The van der Waals surface area contributed by atoms with Gasteiger partial charge in [-0.2, -0.15) is 0 Å². The van der Waals surface area contributed by atoms with Crippen LogP contribution in [0, 0.1) is 12.3 Å². The third-order valence-electron chi connectivity index (χ3n) is 2.07. The first-order valence-electron chi connectivity index (χ1n) is 4.84. The van der Waals surface area contributed by atoms with Gasteiger partial charge in [-0.25, -0.2) is 0 Å². The second-order valence-electron chi connectivity index (χ2n) is 3.49. The van der Waals surface area contributed by atoms with Crippen LogP contribution in [0.5, 0.6) is 0 Å². The van der Waals surface area contributed by atoms with E-state index in [9.17, 15) is 4.79 Å². The number of carbonyl (C=O) groups excluding carboxylic acids is 1. The first-order valence-corrected chi connectivity index (χ1v) is 5.22. The zero-order chi connectivity index (χ0) is 12.1. The van der Waals surface area contributed by atoms with Crippen LogP contribution in [0.2, 0.25) is 5.02 Å². The molecule has 0 saturated heterocycles. The van der Waals surface area contributed by atoms with Gasteiger partial charge in [0.05, 0.1) is 10.6 Å². The molecule has 0 radical (unpaired) electrons. The molecular formula is C12H13ClN2O. The highest BCUT2D eigenvalue weighted by Gasteiger charge is 2.15. The van der Waals surface area contributed by atoms with Gasteiger partial charge in [-0.15, -0.1) is 12.3 Å². The van der Waals surface area contributed by atoms with Crippen molar-refractivity contribution in [1.82, 2.24) is 5.32 Å². The van der Waals surface area contributed by atoms with E-state index in [1.165, 1.54) is 0 Å². The quantitative estimate of drug-likeness (QED) is 0.624. The van der Waals surface area contributed by atoms with E-state index in [1.807, 2.05) is 6.92 Å². The summed E-state index contributed by atoms with van der Waals surface area (Å²) >= 11 is 5.90. The molecule has 4 heteroatoms. The fraction of sp³-hybridized carbons (Fsp3) is 0.250. The maximum atomic E-state index is 11.8. The van der Waals surface area contributed by atoms with Gasteiger partial charge in [0.2, 0.25) is 0 Å². The summed E-state index contributed by atoms with van der Waals surface area (Å²) in [5.74, 6) is 2.17. The summed E-state index contributed by atoms with van der Waals surface area (Å²) in [7, 11) is 0. The highest BCUT2D eigenvalue weighted by molar-refractivity contribution is 6.34. The van der Waals surface area contributed by atoms with Gasteiger partial charge in [-0.3, -0.25) is 4.79 Å². The number of carbonyl (C=O) groups is 1. The third-order valence-corrected chi connectivity index (χ3v) is 2.39. The van der Waals surface area contributed by atoms with Gasteiger partial charge in [-0.1, -0.05) is 17.7 Å². The number of amides is 1. The Labute approximate surface area is 100.0 Å². The molecule has 1 amide bonds. The summed E-state index contributed by atoms with van der Waals surface area (Å²) in [6.07, 6.45) is 5.62. The molecule has 0 fully saturated rings. The molecule has 0 saturated carbocycles. The van der Waals surface area contributed by atoms with Gasteiger partial charge in [0.1, 0.15) is 0 Å². The van der Waals surface area contributed by atoms with Gasteiger partial charge >= 0.3 is 0 Å². The molecule has 1 aromatic rings. The van der Waals surface area contributed by atoms with Crippen molar-refractivity contribution in [2.24, 2.45) is 0 Å². The number of nitrogens with one attached hydrogen (secondary N) is 1. The lowest BCUT2D eigenvalue weighted by atomic mass is 10.1. The minimum absolute atomic E-state index is 0.104. The number of rotatable bonds is 3. The molecule has 0 aliphatic rings. The molecule has 84 valence electrons. The summed E-state index contributed by atoms with van der Waals surface area (Å²) in [4.78, 5) is 11.8. The van der Waals surface area contributed by atoms with Crippen molar-refractivity contribution in [3.63, 3.8) is 0 Å². The van der Waals surface area contributed by atoms with Crippen LogP contribution in [0.25, 0.3) is 0 Å². The molecule has 1 unspecified atom stereocenters. The van der Waals surface area contributed by atoms with Crippen molar-refractivity contribution in [3.05, 3.63) is 28.8 Å². The van der Waals surface area contributed by atoms with Gasteiger partial charge in [0.15, 0.2) is 0 Å². The Morgan fingerprint density at radius 1 is 1.69 bits per heavy atom. The molecule has 0 aromatic heterocycles. The number of nitrogen functional groups attached to an aromatic ring is 1. The highest BCUT2D eigenvalue weighted by Crippen LogP contribution is 2.21. The van der Waals surface area contributed by atoms with Crippen molar-refractivity contribution >= 4 is 23.2 Å². The molecule has 3 N–H and O–H groups in total. The summed E-state index contributed by atoms with van der Waals surface area (Å²) < 4.78 is 0. The van der Waals surface area contributed by atoms with Crippen LogP contribution in [-0.4, -0.2) is 11.9 Å². The standard InChI is InChI=1S/C12H13ClN2O/c1-3-5-8(2)15-12(16)11-9(13)6-4-7-10(11)14/h1,4,6-8H,5,14H2,2H3,(H,15,16). The summed E-state index contributed by atoms with van der Waals surface area (Å²) in [6, 6.07) is 4.85. The first-order chi connectivity index (χ1) is 7.56. The number of terminal acetylenes is 1. The Kier molecular flexibility index (Phi) is 4.21. The number of hydrogen-bond acceptors (Lipinski definition) is 2. The van der Waals surface area contributed by atoms with E-state index in [-0.39, 0.29) is 11.9 Å². The number of halogens is 1. The van der Waals surface area contributed by atoms with Gasteiger partial charge in [-0.05, 0) is 19.1 Å². The predicted molar refractivity (Wildman–Crippen MR) is 66.2 cm³/mol. The van der Waals surface area contributed by atoms with E-state index >= 15 is 0 Å². The Balaban J connectivity index is 2.85. The van der Waals surface area contributed by atoms with E-state index < -0.39 is 0 Å². The van der Waals surface area contributed by atoms with E-state index in [4.69, 9.17) is 23.8 Å². The molecule has 0 heterocycles. The normalized spacial score (nSPS) is 11.6.